The van der Waals surface area contributed by atoms with Gasteiger partial charge in [0.05, 0.1) is 11.7 Å². The van der Waals surface area contributed by atoms with Gasteiger partial charge >= 0.3 is 0 Å². The molecule has 2 rings (SSSR count). The van der Waals surface area contributed by atoms with Crippen molar-refractivity contribution in [3.63, 3.8) is 0 Å². The molecule has 0 aliphatic heterocycles. The Morgan fingerprint density at radius 2 is 1.76 bits per heavy atom. The van der Waals surface area contributed by atoms with E-state index in [-0.39, 0.29) is 11.5 Å². The number of nitrogens with two attached hydrogens (primary N) is 1. The molecule has 2 N–H and O–H groups in total. The van der Waals surface area contributed by atoms with E-state index in [1.807, 2.05) is 12.3 Å². The first-order valence-electron chi connectivity index (χ1n) is 7.70. The van der Waals surface area contributed by atoms with E-state index >= 15 is 0 Å². The summed E-state index contributed by atoms with van der Waals surface area (Å²) < 4.78 is 0. The van der Waals surface area contributed by atoms with Gasteiger partial charge in [-0.25, -0.2) is 0 Å². The number of pyridine rings is 1. The van der Waals surface area contributed by atoms with Crippen LogP contribution in [-0.4, -0.2) is 4.98 Å². The summed E-state index contributed by atoms with van der Waals surface area (Å²) in [6.45, 7) is 8.84. The molecule has 1 heterocycles. The van der Waals surface area contributed by atoms with Crippen molar-refractivity contribution in [2.45, 2.75) is 52.0 Å². The Morgan fingerprint density at radius 1 is 1.10 bits per heavy atom. The summed E-state index contributed by atoms with van der Waals surface area (Å²) in [6, 6.07) is 12.9. The maximum absolute atomic E-state index is 6.36. The first-order valence-corrected chi connectivity index (χ1v) is 7.70. The Kier molecular flexibility index (Phi) is 4.79. The molecule has 21 heavy (non-hydrogen) atoms. The number of hydrogen-bond donors (Lipinski definition) is 1. The number of hydrogen-bond acceptors (Lipinski definition) is 2. The highest BCUT2D eigenvalue weighted by molar-refractivity contribution is 5.30. The highest BCUT2D eigenvalue weighted by atomic mass is 14.8. The van der Waals surface area contributed by atoms with Crippen LogP contribution in [0.5, 0.6) is 0 Å². The fourth-order valence-electron chi connectivity index (χ4n) is 2.58. The minimum Gasteiger partial charge on any atom is -0.322 e. The van der Waals surface area contributed by atoms with Gasteiger partial charge in [-0.3, -0.25) is 4.98 Å². The van der Waals surface area contributed by atoms with Crippen LogP contribution in [0.1, 0.15) is 56.1 Å². The van der Waals surface area contributed by atoms with Crippen LogP contribution < -0.4 is 5.73 Å². The highest BCUT2D eigenvalue weighted by Crippen LogP contribution is 2.24. The Labute approximate surface area is 128 Å². The third kappa shape index (κ3) is 3.92. The zero-order valence-electron chi connectivity index (χ0n) is 13.6. The van der Waals surface area contributed by atoms with Gasteiger partial charge in [-0.2, -0.15) is 0 Å². The van der Waals surface area contributed by atoms with E-state index in [0.29, 0.717) is 0 Å². The Bertz CT molecular complexity index is 579. The molecule has 0 saturated carbocycles. The van der Waals surface area contributed by atoms with Crippen molar-refractivity contribution in [3.8, 4) is 0 Å². The smallest absolute Gasteiger partial charge is 0.0606 e. The van der Waals surface area contributed by atoms with Crippen LogP contribution in [0.15, 0.2) is 42.6 Å². The summed E-state index contributed by atoms with van der Waals surface area (Å²) in [5.74, 6) is 0. The molecule has 1 unspecified atom stereocenters. The minimum absolute atomic E-state index is 0.0402. The number of nitrogens with zero attached hydrogens (tertiary/aromatic N) is 1. The highest BCUT2D eigenvalue weighted by Gasteiger charge is 2.15. The third-order valence-corrected chi connectivity index (χ3v) is 3.93. The first-order chi connectivity index (χ1) is 9.91. The lowest BCUT2D eigenvalue weighted by atomic mass is 9.86. The fraction of sp³-hybridized carbons (Fsp3) is 0.421. The number of aromatic nitrogens is 1. The van der Waals surface area contributed by atoms with E-state index in [1.54, 1.807) is 0 Å². The SMILES string of the molecule is CCc1cccnc1C(N)Cc1ccc(C(C)(C)C)cc1. The van der Waals surface area contributed by atoms with Crippen molar-refractivity contribution in [1.82, 2.24) is 4.98 Å². The molecule has 2 nitrogen and oxygen atoms in total. The van der Waals surface area contributed by atoms with Crippen LogP contribution in [0.25, 0.3) is 0 Å². The molecule has 0 saturated heterocycles. The van der Waals surface area contributed by atoms with Crippen molar-refractivity contribution in [2.75, 3.05) is 0 Å². The minimum atomic E-state index is -0.0402. The standard InChI is InChI=1S/C19H26N2/c1-5-15-7-6-12-21-18(15)17(20)13-14-8-10-16(11-9-14)19(2,3)4/h6-12,17H,5,13,20H2,1-4H3. The van der Waals surface area contributed by atoms with Gasteiger partial charge in [-0.05, 0) is 41.0 Å². The molecule has 1 aromatic heterocycles. The summed E-state index contributed by atoms with van der Waals surface area (Å²) in [7, 11) is 0. The lowest BCUT2D eigenvalue weighted by Crippen LogP contribution is -2.17. The Morgan fingerprint density at radius 3 is 2.33 bits per heavy atom. The fourth-order valence-corrected chi connectivity index (χ4v) is 2.58. The van der Waals surface area contributed by atoms with Crippen LogP contribution in [0.4, 0.5) is 0 Å². The molecule has 0 bridgehead atoms. The lowest BCUT2D eigenvalue weighted by Gasteiger charge is -2.20. The van der Waals surface area contributed by atoms with Gasteiger partial charge in [0.25, 0.3) is 0 Å². The summed E-state index contributed by atoms with van der Waals surface area (Å²) in [5, 5.41) is 0. The molecule has 0 aliphatic rings. The van der Waals surface area contributed by atoms with Gasteiger partial charge in [0.1, 0.15) is 0 Å². The quantitative estimate of drug-likeness (QED) is 0.913. The van der Waals surface area contributed by atoms with Gasteiger partial charge < -0.3 is 5.73 Å². The molecule has 112 valence electrons. The van der Waals surface area contributed by atoms with E-state index in [9.17, 15) is 0 Å². The predicted molar refractivity (Wildman–Crippen MR) is 89.4 cm³/mol. The van der Waals surface area contributed by atoms with Gasteiger partial charge in [-0.1, -0.05) is 58.0 Å². The summed E-state index contributed by atoms with van der Waals surface area (Å²) in [5.41, 5.74) is 11.5. The van der Waals surface area contributed by atoms with E-state index in [0.717, 1.165) is 18.5 Å². The average molecular weight is 282 g/mol. The van der Waals surface area contributed by atoms with Crippen LogP contribution in [0.2, 0.25) is 0 Å². The number of aryl methyl sites for hydroxylation is 1. The molecule has 0 spiro atoms. The van der Waals surface area contributed by atoms with E-state index < -0.39 is 0 Å². The Balaban J connectivity index is 2.14. The second kappa shape index (κ2) is 6.40. The lowest BCUT2D eigenvalue weighted by molar-refractivity contribution is 0.589. The van der Waals surface area contributed by atoms with Crippen molar-refractivity contribution < 1.29 is 0 Å². The molecule has 0 radical (unpaired) electrons. The number of rotatable bonds is 4. The Hall–Kier alpha value is -1.67. The predicted octanol–water partition coefficient (Wildman–Crippen LogP) is 4.18. The molecule has 1 atom stereocenters. The van der Waals surface area contributed by atoms with Crippen molar-refractivity contribution in [1.29, 1.82) is 0 Å². The van der Waals surface area contributed by atoms with Crippen LogP contribution in [-0.2, 0) is 18.3 Å². The summed E-state index contributed by atoms with van der Waals surface area (Å²) in [4.78, 5) is 4.48. The topological polar surface area (TPSA) is 38.9 Å². The van der Waals surface area contributed by atoms with E-state index in [1.165, 1.54) is 16.7 Å². The molecule has 2 aromatic rings. The number of benzene rings is 1. The summed E-state index contributed by atoms with van der Waals surface area (Å²) >= 11 is 0. The van der Waals surface area contributed by atoms with Crippen LogP contribution >= 0.6 is 0 Å². The second-order valence-electron chi connectivity index (χ2n) is 6.66. The molecular formula is C19H26N2. The first kappa shape index (κ1) is 15.7. The van der Waals surface area contributed by atoms with Gasteiger partial charge in [0.2, 0.25) is 0 Å². The van der Waals surface area contributed by atoms with Gasteiger partial charge in [0.15, 0.2) is 0 Å². The largest absolute Gasteiger partial charge is 0.322 e. The van der Waals surface area contributed by atoms with Gasteiger partial charge in [0, 0.05) is 6.20 Å². The molecule has 2 heteroatoms. The second-order valence-corrected chi connectivity index (χ2v) is 6.66. The van der Waals surface area contributed by atoms with Crippen molar-refractivity contribution in [2.24, 2.45) is 5.73 Å². The van der Waals surface area contributed by atoms with Crippen molar-refractivity contribution in [3.05, 3.63) is 65.0 Å². The van der Waals surface area contributed by atoms with E-state index in [2.05, 4.69) is 63.0 Å². The third-order valence-electron chi connectivity index (χ3n) is 3.93. The average Bonchev–Trinajstić information content (AvgIpc) is 2.46. The summed E-state index contributed by atoms with van der Waals surface area (Å²) in [6.07, 6.45) is 3.63. The maximum Gasteiger partial charge on any atom is 0.0606 e. The van der Waals surface area contributed by atoms with Gasteiger partial charge in [-0.15, -0.1) is 0 Å². The molecular weight excluding hydrogens is 256 g/mol. The zero-order chi connectivity index (χ0) is 15.5. The van der Waals surface area contributed by atoms with Crippen LogP contribution in [0.3, 0.4) is 0 Å². The monoisotopic (exact) mass is 282 g/mol. The maximum atomic E-state index is 6.36. The molecule has 0 aliphatic carbocycles. The van der Waals surface area contributed by atoms with Crippen LogP contribution in [0, 0.1) is 0 Å². The van der Waals surface area contributed by atoms with Crippen molar-refractivity contribution >= 4 is 0 Å². The normalized spacial score (nSPS) is 13.2. The van der Waals surface area contributed by atoms with E-state index in [4.69, 9.17) is 5.73 Å². The molecule has 0 fully saturated rings. The molecule has 1 aromatic carbocycles. The zero-order valence-corrected chi connectivity index (χ0v) is 13.6. The molecule has 0 amide bonds.